The maximum atomic E-state index is 5.37. The van der Waals surface area contributed by atoms with E-state index in [1.54, 1.807) is 14.2 Å². The number of rotatable bonds is 4. The van der Waals surface area contributed by atoms with E-state index in [4.69, 9.17) is 4.74 Å². The SMILES string of the molecule is CN=C(NCc1cc(Br)ccc1OC)NC1CC=CC1. The Morgan fingerprint density at radius 2 is 2.15 bits per heavy atom. The summed E-state index contributed by atoms with van der Waals surface area (Å²) in [6.07, 6.45) is 6.51. The van der Waals surface area contributed by atoms with Crippen molar-refractivity contribution in [3.8, 4) is 5.75 Å². The van der Waals surface area contributed by atoms with Crippen LogP contribution in [0.25, 0.3) is 0 Å². The van der Waals surface area contributed by atoms with Crippen molar-refractivity contribution in [1.82, 2.24) is 10.6 Å². The Labute approximate surface area is 128 Å². The third-order valence-corrected chi connectivity index (χ3v) is 3.75. The highest BCUT2D eigenvalue weighted by atomic mass is 79.9. The zero-order valence-electron chi connectivity index (χ0n) is 11.8. The van der Waals surface area contributed by atoms with Gasteiger partial charge < -0.3 is 15.4 Å². The van der Waals surface area contributed by atoms with Crippen molar-refractivity contribution in [3.05, 3.63) is 40.4 Å². The van der Waals surface area contributed by atoms with E-state index in [0.29, 0.717) is 12.6 Å². The highest BCUT2D eigenvalue weighted by Gasteiger charge is 2.12. The van der Waals surface area contributed by atoms with Gasteiger partial charge in [-0.2, -0.15) is 0 Å². The van der Waals surface area contributed by atoms with Gasteiger partial charge in [0.1, 0.15) is 5.75 Å². The molecule has 1 aromatic carbocycles. The first-order chi connectivity index (χ1) is 9.72. The molecule has 0 spiro atoms. The van der Waals surface area contributed by atoms with Crippen LogP contribution in [0.5, 0.6) is 5.75 Å². The van der Waals surface area contributed by atoms with Gasteiger partial charge in [-0.3, -0.25) is 4.99 Å². The number of hydrogen-bond donors (Lipinski definition) is 2. The van der Waals surface area contributed by atoms with Crippen molar-refractivity contribution in [2.24, 2.45) is 4.99 Å². The van der Waals surface area contributed by atoms with Gasteiger partial charge in [0.05, 0.1) is 7.11 Å². The quantitative estimate of drug-likeness (QED) is 0.504. The maximum Gasteiger partial charge on any atom is 0.191 e. The van der Waals surface area contributed by atoms with E-state index in [9.17, 15) is 0 Å². The van der Waals surface area contributed by atoms with E-state index in [1.165, 1.54) is 0 Å². The smallest absolute Gasteiger partial charge is 0.191 e. The Bertz CT molecular complexity index is 506. The molecule has 0 atom stereocenters. The average molecular weight is 338 g/mol. The minimum Gasteiger partial charge on any atom is -0.496 e. The summed E-state index contributed by atoms with van der Waals surface area (Å²) in [7, 11) is 3.47. The number of nitrogens with one attached hydrogen (secondary N) is 2. The van der Waals surface area contributed by atoms with Crippen molar-refractivity contribution in [1.29, 1.82) is 0 Å². The molecule has 1 aromatic rings. The Balaban J connectivity index is 1.94. The number of aliphatic imine (C=N–C) groups is 1. The van der Waals surface area contributed by atoms with Gasteiger partial charge >= 0.3 is 0 Å². The standard InChI is InChI=1S/C15H20BrN3O/c1-17-15(19-13-5-3-4-6-13)18-10-11-9-12(16)7-8-14(11)20-2/h3-4,7-9,13H,5-6,10H2,1-2H3,(H2,17,18,19). The molecule has 0 bridgehead atoms. The van der Waals surface area contributed by atoms with Crippen LogP contribution in [0, 0.1) is 0 Å². The summed E-state index contributed by atoms with van der Waals surface area (Å²) in [4.78, 5) is 4.26. The van der Waals surface area contributed by atoms with E-state index in [0.717, 1.165) is 34.6 Å². The summed E-state index contributed by atoms with van der Waals surface area (Å²) in [6.45, 7) is 0.669. The van der Waals surface area contributed by atoms with Crippen molar-refractivity contribution in [3.63, 3.8) is 0 Å². The molecule has 1 aliphatic rings. The van der Waals surface area contributed by atoms with Gasteiger partial charge in [0.15, 0.2) is 5.96 Å². The number of benzene rings is 1. The van der Waals surface area contributed by atoms with Gasteiger partial charge in [0.25, 0.3) is 0 Å². The first kappa shape index (κ1) is 14.9. The Morgan fingerprint density at radius 3 is 2.80 bits per heavy atom. The van der Waals surface area contributed by atoms with Crippen LogP contribution in [-0.2, 0) is 6.54 Å². The van der Waals surface area contributed by atoms with Gasteiger partial charge in [-0.05, 0) is 31.0 Å². The average Bonchev–Trinajstić information content (AvgIpc) is 2.96. The second kappa shape index (κ2) is 7.33. The topological polar surface area (TPSA) is 45.7 Å². The van der Waals surface area contributed by atoms with Crippen LogP contribution >= 0.6 is 15.9 Å². The predicted molar refractivity (Wildman–Crippen MR) is 86.2 cm³/mol. The molecule has 0 unspecified atom stereocenters. The van der Waals surface area contributed by atoms with Gasteiger partial charge in [-0.15, -0.1) is 0 Å². The number of guanidine groups is 1. The van der Waals surface area contributed by atoms with Gasteiger partial charge in [-0.25, -0.2) is 0 Å². The summed E-state index contributed by atoms with van der Waals surface area (Å²) in [5.41, 5.74) is 1.09. The lowest BCUT2D eigenvalue weighted by molar-refractivity contribution is 0.409. The predicted octanol–water partition coefficient (Wildman–Crippen LogP) is 2.84. The molecule has 2 rings (SSSR count). The van der Waals surface area contributed by atoms with Gasteiger partial charge in [-0.1, -0.05) is 28.1 Å². The highest BCUT2D eigenvalue weighted by molar-refractivity contribution is 9.10. The fraction of sp³-hybridized carbons (Fsp3) is 0.400. The first-order valence-corrected chi connectivity index (χ1v) is 7.47. The van der Waals surface area contributed by atoms with Crippen molar-refractivity contribution < 1.29 is 4.74 Å². The maximum absolute atomic E-state index is 5.37. The second-order valence-electron chi connectivity index (χ2n) is 4.67. The molecule has 5 heteroatoms. The molecule has 4 nitrogen and oxygen atoms in total. The third kappa shape index (κ3) is 4.00. The minimum atomic E-state index is 0.450. The zero-order chi connectivity index (χ0) is 14.4. The molecule has 0 radical (unpaired) electrons. The van der Waals surface area contributed by atoms with Crippen LogP contribution in [-0.4, -0.2) is 26.2 Å². The largest absolute Gasteiger partial charge is 0.496 e. The summed E-state index contributed by atoms with van der Waals surface area (Å²) < 4.78 is 6.41. The third-order valence-electron chi connectivity index (χ3n) is 3.26. The van der Waals surface area contributed by atoms with Crippen LogP contribution in [0.4, 0.5) is 0 Å². The normalized spacial score (nSPS) is 15.4. The molecule has 0 saturated heterocycles. The van der Waals surface area contributed by atoms with Crippen molar-refractivity contribution in [2.75, 3.05) is 14.2 Å². The molecule has 20 heavy (non-hydrogen) atoms. The summed E-state index contributed by atoms with van der Waals surface area (Å²) in [5.74, 6) is 1.69. The fourth-order valence-corrected chi connectivity index (χ4v) is 2.60. The summed E-state index contributed by atoms with van der Waals surface area (Å²) >= 11 is 3.48. The van der Waals surface area contributed by atoms with Crippen LogP contribution in [0.1, 0.15) is 18.4 Å². The Hall–Kier alpha value is -1.49. The monoisotopic (exact) mass is 337 g/mol. The van der Waals surface area contributed by atoms with Crippen LogP contribution in [0.2, 0.25) is 0 Å². The molecule has 0 heterocycles. The lowest BCUT2D eigenvalue weighted by Gasteiger charge is -2.17. The van der Waals surface area contributed by atoms with E-state index in [-0.39, 0.29) is 0 Å². The number of nitrogens with zero attached hydrogens (tertiary/aromatic N) is 1. The van der Waals surface area contributed by atoms with Crippen molar-refractivity contribution >= 4 is 21.9 Å². The molecule has 0 fully saturated rings. The van der Waals surface area contributed by atoms with Gasteiger partial charge in [0, 0.05) is 29.7 Å². The molecular formula is C15H20BrN3O. The summed E-state index contributed by atoms with van der Waals surface area (Å²) in [6, 6.07) is 6.43. The number of methoxy groups -OCH3 is 1. The summed E-state index contributed by atoms with van der Waals surface area (Å²) in [5, 5.41) is 6.74. The molecule has 108 valence electrons. The zero-order valence-corrected chi connectivity index (χ0v) is 13.4. The van der Waals surface area contributed by atoms with E-state index in [2.05, 4.69) is 49.8 Å². The van der Waals surface area contributed by atoms with Crippen LogP contribution in [0.3, 0.4) is 0 Å². The lowest BCUT2D eigenvalue weighted by atomic mass is 10.2. The Morgan fingerprint density at radius 1 is 1.40 bits per heavy atom. The highest BCUT2D eigenvalue weighted by Crippen LogP contribution is 2.22. The molecule has 0 amide bonds. The first-order valence-electron chi connectivity index (χ1n) is 6.67. The van der Waals surface area contributed by atoms with Gasteiger partial charge in [0.2, 0.25) is 0 Å². The lowest BCUT2D eigenvalue weighted by Crippen LogP contribution is -2.42. The molecule has 2 N–H and O–H groups in total. The molecule has 1 aliphatic carbocycles. The number of hydrogen-bond acceptors (Lipinski definition) is 2. The van der Waals surface area contributed by atoms with Crippen LogP contribution in [0.15, 0.2) is 39.8 Å². The number of halogens is 1. The fourth-order valence-electron chi connectivity index (χ4n) is 2.19. The van der Waals surface area contributed by atoms with E-state index in [1.807, 2.05) is 12.1 Å². The number of ether oxygens (including phenoxy) is 1. The van der Waals surface area contributed by atoms with E-state index >= 15 is 0 Å². The van der Waals surface area contributed by atoms with Crippen molar-refractivity contribution in [2.45, 2.75) is 25.4 Å². The minimum absolute atomic E-state index is 0.450. The molecule has 0 saturated carbocycles. The molecule has 0 aromatic heterocycles. The molecular weight excluding hydrogens is 318 g/mol. The van der Waals surface area contributed by atoms with E-state index < -0.39 is 0 Å². The molecule has 0 aliphatic heterocycles. The second-order valence-corrected chi connectivity index (χ2v) is 5.58. The Kier molecular flexibility index (Phi) is 5.47. The van der Waals surface area contributed by atoms with Crippen LogP contribution < -0.4 is 15.4 Å².